The summed E-state index contributed by atoms with van der Waals surface area (Å²) < 4.78 is 27.9. The molecule has 0 saturated heterocycles. The lowest BCUT2D eigenvalue weighted by Crippen LogP contribution is -3.16. The van der Waals surface area contributed by atoms with E-state index in [9.17, 15) is 13.2 Å². The smallest absolute Gasteiger partial charge is 0.282 e. The van der Waals surface area contributed by atoms with Crippen LogP contribution in [0.3, 0.4) is 0 Å². The number of carbonyl (C=O) groups is 1. The Bertz CT molecular complexity index is 923. The Kier molecular flexibility index (Phi) is 6.02. The van der Waals surface area contributed by atoms with Gasteiger partial charge in [-0.25, -0.2) is 13.6 Å². The van der Waals surface area contributed by atoms with Crippen LogP contribution in [-0.2, 0) is 21.4 Å². The summed E-state index contributed by atoms with van der Waals surface area (Å²) in [7, 11) is -2.11. The first-order chi connectivity index (χ1) is 13.3. The van der Waals surface area contributed by atoms with E-state index in [2.05, 4.69) is 5.32 Å². The molecule has 0 radical (unpaired) electrons. The SMILES string of the molecule is COc1ccc(C[NH+](C2CC2)[C@H](C)C(=O)Nc2ccc(S(N)(=O)=O)cc2)cc1. The molecule has 2 aromatic carbocycles. The van der Waals surface area contributed by atoms with Crippen molar-refractivity contribution in [2.75, 3.05) is 12.4 Å². The monoisotopic (exact) mass is 404 g/mol. The predicted octanol–water partition coefficient (Wildman–Crippen LogP) is 0.917. The van der Waals surface area contributed by atoms with E-state index < -0.39 is 10.0 Å². The number of ether oxygens (including phenoxy) is 1. The van der Waals surface area contributed by atoms with Crippen LogP contribution in [0.4, 0.5) is 5.69 Å². The van der Waals surface area contributed by atoms with Gasteiger partial charge in [0.15, 0.2) is 6.04 Å². The van der Waals surface area contributed by atoms with Crippen molar-refractivity contribution in [3.63, 3.8) is 0 Å². The predicted molar refractivity (Wildman–Crippen MR) is 107 cm³/mol. The van der Waals surface area contributed by atoms with Gasteiger partial charge in [-0.2, -0.15) is 0 Å². The molecule has 1 aliphatic carbocycles. The van der Waals surface area contributed by atoms with Crippen LogP contribution >= 0.6 is 0 Å². The lowest BCUT2D eigenvalue weighted by atomic mass is 10.1. The van der Waals surface area contributed by atoms with Gasteiger partial charge in [-0.05, 0) is 55.5 Å². The van der Waals surface area contributed by atoms with Crippen molar-refractivity contribution in [1.29, 1.82) is 0 Å². The van der Waals surface area contributed by atoms with E-state index in [0.717, 1.165) is 30.7 Å². The third-order valence-corrected chi connectivity index (χ3v) is 6.00. The number of hydrogen-bond donors (Lipinski definition) is 3. The maximum Gasteiger partial charge on any atom is 0.282 e. The van der Waals surface area contributed by atoms with E-state index >= 15 is 0 Å². The van der Waals surface area contributed by atoms with Gasteiger partial charge in [0.05, 0.1) is 18.0 Å². The largest absolute Gasteiger partial charge is 0.497 e. The number of carbonyl (C=O) groups excluding carboxylic acids is 1. The van der Waals surface area contributed by atoms with Crippen molar-refractivity contribution in [3.8, 4) is 5.75 Å². The highest BCUT2D eigenvalue weighted by Gasteiger charge is 2.39. The molecule has 150 valence electrons. The maximum absolute atomic E-state index is 12.8. The molecule has 0 aromatic heterocycles. The molecule has 1 fully saturated rings. The molecular weight excluding hydrogens is 378 g/mol. The van der Waals surface area contributed by atoms with E-state index in [1.807, 2.05) is 31.2 Å². The molecule has 7 nitrogen and oxygen atoms in total. The average Bonchev–Trinajstić information content (AvgIpc) is 3.51. The first-order valence-electron chi connectivity index (χ1n) is 9.20. The second-order valence-corrected chi connectivity index (χ2v) is 8.72. The average molecular weight is 405 g/mol. The molecule has 2 aromatic rings. The van der Waals surface area contributed by atoms with Crippen molar-refractivity contribution in [3.05, 3.63) is 54.1 Å². The van der Waals surface area contributed by atoms with Crippen LogP contribution in [0.1, 0.15) is 25.3 Å². The second-order valence-electron chi connectivity index (χ2n) is 7.15. The summed E-state index contributed by atoms with van der Waals surface area (Å²) >= 11 is 0. The number of methoxy groups -OCH3 is 1. The molecule has 4 N–H and O–H groups in total. The molecule has 1 amide bonds. The van der Waals surface area contributed by atoms with Crippen LogP contribution in [-0.4, -0.2) is 33.5 Å². The molecule has 0 heterocycles. The second kappa shape index (κ2) is 8.30. The number of anilines is 1. The normalized spacial score (nSPS) is 16.2. The molecule has 0 spiro atoms. The molecular formula is C20H26N3O4S+. The minimum absolute atomic E-state index is 0.0169. The summed E-state index contributed by atoms with van der Waals surface area (Å²) in [5, 5.41) is 7.97. The third kappa shape index (κ3) is 5.09. The Morgan fingerprint density at radius 2 is 1.79 bits per heavy atom. The summed E-state index contributed by atoms with van der Waals surface area (Å²) in [5.41, 5.74) is 1.70. The number of rotatable bonds is 8. The molecule has 28 heavy (non-hydrogen) atoms. The van der Waals surface area contributed by atoms with Gasteiger partial charge in [-0.3, -0.25) is 4.79 Å². The van der Waals surface area contributed by atoms with Gasteiger partial charge < -0.3 is 15.0 Å². The fourth-order valence-electron chi connectivity index (χ4n) is 3.23. The van der Waals surface area contributed by atoms with Gasteiger partial charge in [0.25, 0.3) is 5.91 Å². The van der Waals surface area contributed by atoms with Gasteiger partial charge in [-0.1, -0.05) is 0 Å². The first kappa shape index (κ1) is 20.3. The van der Waals surface area contributed by atoms with E-state index in [-0.39, 0.29) is 16.8 Å². The van der Waals surface area contributed by atoms with Gasteiger partial charge in [-0.15, -0.1) is 0 Å². The van der Waals surface area contributed by atoms with E-state index in [1.165, 1.54) is 17.0 Å². The van der Waals surface area contributed by atoms with Gasteiger partial charge >= 0.3 is 0 Å². The quantitative estimate of drug-likeness (QED) is 0.609. The van der Waals surface area contributed by atoms with Crippen LogP contribution in [0.5, 0.6) is 5.75 Å². The lowest BCUT2D eigenvalue weighted by Gasteiger charge is -2.25. The number of benzene rings is 2. The van der Waals surface area contributed by atoms with Crippen molar-refractivity contribution in [1.82, 2.24) is 0 Å². The highest BCUT2D eigenvalue weighted by Crippen LogP contribution is 2.18. The molecule has 0 bridgehead atoms. The zero-order chi connectivity index (χ0) is 20.3. The molecule has 2 atom stereocenters. The fourth-order valence-corrected chi connectivity index (χ4v) is 3.75. The summed E-state index contributed by atoms with van der Waals surface area (Å²) in [4.78, 5) is 14.0. The Balaban J connectivity index is 1.67. The van der Waals surface area contributed by atoms with Gasteiger partial charge in [0.1, 0.15) is 12.3 Å². The summed E-state index contributed by atoms with van der Waals surface area (Å²) in [6.45, 7) is 2.68. The molecule has 1 unspecified atom stereocenters. The van der Waals surface area contributed by atoms with Crippen LogP contribution in [0.25, 0.3) is 0 Å². The number of amides is 1. The standard InChI is InChI=1S/C20H25N3O4S/c1-14(20(24)22-16-5-11-19(12-6-16)28(21,25)26)23(17-7-8-17)13-15-3-9-18(27-2)10-4-15/h3-6,9-12,14,17H,7-8,13H2,1-2H3,(H,22,24)(H2,21,25,26)/p+1/t14-/m1/s1. The Morgan fingerprint density at radius 1 is 1.18 bits per heavy atom. The minimum atomic E-state index is -3.75. The van der Waals surface area contributed by atoms with Crippen LogP contribution in [0.2, 0.25) is 0 Å². The summed E-state index contributed by atoms with van der Waals surface area (Å²) in [6.07, 6.45) is 2.23. The van der Waals surface area contributed by atoms with Crippen LogP contribution < -0.4 is 20.1 Å². The number of quaternary nitrogens is 1. The van der Waals surface area contributed by atoms with E-state index in [1.54, 1.807) is 19.2 Å². The maximum atomic E-state index is 12.8. The van der Waals surface area contributed by atoms with E-state index in [4.69, 9.17) is 9.88 Å². The number of sulfonamides is 1. The lowest BCUT2D eigenvalue weighted by molar-refractivity contribution is -0.938. The Labute approximate surface area is 165 Å². The van der Waals surface area contributed by atoms with Crippen molar-refractivity contribution in [2.45, 2.75) is 43.3 Å². The van der Waals surface area contributed by atoms with Gasteiger partial charge in [0.2, 0.25) is 10.0 Å². The molecule has 3 rings (SSSR count). The van der Waals surface area contributed by atoms with Crippen molar-refractivity contribution >= 4 is 21.6 Å². The molecule has 1 saturated carbocycles. The van der Waals surface area contributed by atoms with Crippen LogP contribution in [0, 0.1) is 0 Å². The van der Waals surface area contributed by atoms with Crippen LogP contribution in [0.15, 0.2) is 53.4 Å². The minimum Gasteiger partial charge on any atom is -0.497 e. The van der Waals surface area contributed by atoms with Crippen molar-refractivity contribution in [2.24, 2.45) is 5.14 Å². The first-order valence-corrected chi connectivity index (χ1v) is 10.7. The number of nitrogens with one attached hydrogen (secondary N) is 2. The molecule has 0 aliphatic heterocycles. The van der Waals surface area contributed by atoms with Crippen molar-refractivity contribution < 1.29 is 22.8 Å². The summed E-state index contributed by atoms with van der Waals surface area (Å²) in [6, 6.07) is 14.0. The third-order valence-electron chi connectivity index (χ3n) is 5.07. The summed E-state index contributed by atoms with van der Waals surface area (Å²) in [5.74, 6) is 0.712. The number of nitrogens with two attached hydrogens (primary N) is 1. The zero-order valence-corrected chi connectivity index (χ0v) is 16.8. The highest BCUT2D eigenvalue weighted by molar-refractivity contribution is 7.89. The molecule has 8 heteroatoms. The van der Waals surface area contributed by atoms with E-state index in [0.29, 0.717) is 11.7 Å². The van der Waals surface area contributed by atoms with Gasteiger partial charge in [0, 0.05) is 24.1 Å². The Hall–Kier alpha value is -2.42. The fraction of sp³-hybridized carbons (Fsp3) is 0.350. The number of hydrogen-bond acceptors (Lipinski definition) is 4. The topological polar surface area (TPSA) is 103 Å². The molecule has 1 aliphatic rings. The Morgan fingerprint density at radius 3 is 2.29 bits per heavy atom. The zero-order valence-electron chi connectivity index (χ0n) is 16.0. The highest BCUT2D eigenvalue weighted by atomic mass is 32.2. The number of primary sulfonamides is 1.